The van der Waals surface area contributed by atoms with Crippen molar-refractivity contribution < 1.29 is 14.2 Å². The Labute approximate surface area is 152 Å². The number of nitrogens with one attached hydrogen (secondary N) is 1. The van der Waals surface area contributed by atoms with E-state index >= 15 is 0 Å². The van der Waals surface area contributed by atoms with Crippen LogP contribution in [0.1, 0.15) is 12.5 Å². The van der Waals surface area contributed by atoms with E-state index in [-0.39, 0.29) is 0 Å². The van der Waals surface area contributed by atoms with Crippen LogP contribution in [0.15, 0.2) is 36.4 Å². The van der Waals surface area contributed by atoms with E-state index in [2.05, 4.69) is 15.3 Å². The molecule has 0 fully saturated rings. The molecule has 0 amide bonds. The first-order valence-corrected chi connectivity index (χ1v) is 8.30. The van der Waals surface area contributed by atoms with E-state index in [1.165, 1.54) is 0 Å². The van der Waals surface area contributed by atoms with Gasteiger partial charge < -0.3 is 25.3 Å². The summed E-state index contributed by atoms with van der Waals surface area (Å²) in [6.07, 6.45) is 0. The van der Waals surface area contributed by atoms with Gasteiger partial charge in [-0.05, 0) is 19.1 Å². The van der Waals surface area contributed by atoms with Gasteiger partial charge >= 0.3 is 0 Å². The number of fused-ring (bicyclic) bond motifs is 1. The molecule has 0 aliphatic rings. The topological polar surface area (TPSA) is 91.5 Å². The summed E-state index contributed by atoms with van der Waals surface area (Å²) >= 11 is 0. The molecule has 3 N–H and O–H groups in total. The van der Waals surface area contributed by atoms with E-state index in [1.54, 1.807) is 26.4 Å². The quantitative estimate of drug-likeness (QED) is 0.673. The van der Waals surface area contributed by atoms with Crippen molar-refractivity contribution in [1.82, 2.24) is 9.97 Å². The van der Waals surface area contributed by atoms with Crippen LogP contribution in [0.3, 0.4) is 0 Å². The Morgan fingerprint density at radius 1 is 1.00 bits per heavy atom. The van der Waals surface area contributed by atoms with Gasteiger partial charge in [0.1, 0.15) is 11.6 Å². The van der Waals surface area contributed by atoms with E-state index in [0.717, 1.165) is 11.3 Å². The summed E-state index contributed by atoms with van der Waals surface area (Å²) in [5.74, 6) is 2.82. The highest BCUT2D eigenvalue weighted by Crippen LogP contribution is 2.33. The Morgan fingerprint density at radius 3 is 2.46 bits per heavy atom. The number of nitrogens with zero attached hydrogens (tertiary/aromatic N) is 2. The summed E-state index contributed by atoms with van der Waals surface area (Å²) in [5.41, 5.74) is 7.80. The zero-order chi connectivity index (χ0) is 18.5. The van der Waals surface area contributed by atoms with Crippen molar-refractivity contribution in [1.29, 1.82) is 0 Å². The van der Waals surface area contributed by atoms with Crippen LogP contribution in [-0.4, -0.2) is 30.8 Å². The van der Waals surface area contributed by atoms with Crippen molar-refractivity contribution in [3.8, 4) is 17.2 Å². The predicted molar refractivity (Wildman–Crippen MR) is 102 cm³/mol. The molecule has 7 heteroatoms. The summed E-state index contributed by atoms with van der Waals surface area (Å²) in [6.45, 7) is 3.09. The highest BCUT2D eigenvalue weighted by atomic mass is 16.5. The van der Waals surface area contributed by atoms with Crippen LogP contribution >= 0.6 is 0 Å². The van der Waals surface area contributed by atoms with Gasteiger partial charge in [0.05, 0.1) is 26.3 Å². The first-order valence-electron chi connectivity index (χ1n) is 8.30. The molecule has 1 aromatic heterocycles. The summed E-state index contributed by atoms with van der Waals surface area (Å²) in [6, 6.07) is 11.4. The molecular weight excluding hydrogens is 332 g/mol. The van der Waals surface area contributed by atoms with Crippen molar-refractivity contribution in [2.75, 3.05) is 31.9 Å². The molecule has 0 saturated carbocycles. The molecule has 3 rings (SSSR count). The third-order valence-corrected chi connectivity index (χ3v) is 3.94. The van der Waals surface area contributed by atoms with Crippen LogP contribution in [-0.2, 0) is 6.54 Å². The summed E-state index contributed by atoms with van der Waals surface area (Å²) < 4.78 is 16.3. The van der Waals surface area contributed by atoms with Crippen molar-refractivity contribution in [2.45, 2.75) is 13.5 Å². The Balaban J connectivity index is 1.89. The van der Waals surface area contributed by atoms with Gasteiger partial charge in [-0.25, -0.2) is 4.98 Å². The lowest BCUT2D eigenvalue weighted by atomic mass is 10.2. The van der Waals surface area contributed by atoms with Crippen LogP contribution in [0.5, 0.6) is 17.2 Å². The van der Waals surface area contributed by atoms with Crippen molar-refractivity contribution in [3.63, 3.8) is 0 Å². The highest BCUT2D eigenvalue weighted by molar-refractivity contribution is 5.91. The zero-order valence-electron chi connectivity index (χ0n) is 15.1. The average molecular weight is 354 g/mol. The second kappa shape index (κ2) is 7.77. The summed E-state index contributed by atoms with van der Waals surface area (Å²) in [5, 5.41) is 3.92. The van der Waals surface area contributed by atoms with Gasteiger partial charge in [-0.1, -0.05) is 18.2 Å². The van der Waals surface area contributed by atoms with Crippen LogP contribution in [0.4, 0.5) is 11.8 Å². The fourth-order valence-electron chi connectivity index (χ4n) is 2.68. The second-order valence-corrected chi connectivity index (χ2v) is 5.55. The van der Waals surface area contributed by atoms with E-state index in [9.17, 15) is 0 Å². The maximum Gasteiger partial charge on any atom is 0.225 e. The predicted octanol–water partition coefficient (Wildman–Crippen LogP) is 3.24. The lowest BCUT2D eigenvalue weighted by Gasteiger charge is -2.13. The number of ether oxygens (including phenoxy) is 3. The Bertz CT molecular complexity index is 915. The monoisotopic (exact) mass is 354 g/mol. The number of benzene rings is 2. The number of rotatable bonds is 7. The fourth-order valence-corrected chi connectivity index (χ4v) is 2.68. The molecule has 0 saturated heterocycles. The summed E-state index contributed by atoms with van der Waals surface area (Å²) in [4.78, 5) is 8.87. The Morgan fingerprint density at radius 2 is 1.73 bits per heavy atom. The minimum Gasteiger partial charge on any atom is -0.494 e. The highest BCUT2D eigenvalue weighted by Gasteiger charge is 2.12. The molecule has 0 aliphatic carbocycles. The van der Waals surface area contributed by atoms with Gasteiger partial charge in [-0.2, -0.15) is 4.98 Å². The minimum absolute atomic E-state index is 0.372. The van der Waals surface area contributed by atoms with Gasteiger partial charge in [-0.3, -0.25) is 0 Å². The van der Waals surface area contributed by atoms with Crippen LogP contribution in [0.2, 0.25) is 0 Å². The van der Waals surface area contributed by atoms with Gasteiger partial charge in [0.15, 0.2) is 11.5 Å². The molecule has 0 unspecified atom stereocenters. The van der Waals surface area contributed by atoms with Crippen LogP contribution in [0.25, 0.3) is 10.9 Å². The molecule has 136 valence electrons. The molecule has 3 aromatic rings. The lowest BCUT2D eigenvalue weighted by Crippen LogP contribution is -2.07. The van der Waals surface area contributed by atoms with Crippen LogP contribution in [0, 0.1) is 0 Å². The zero-order valence-corrected chi connectivity index (χ0v) is 15.1. The maximum absolute atomic E-state index is 6.11. The number of anilines is 2. The number of para-hydroxylation sites is 1. The molecule has 0 aliphatic heterocycles. The van der Waals surface area contributed by atoms with Gasteiger partial charge in [0, 0.05) is 23.6 Å². The second-order valence-electron chi connectivity index (χ2n) is 5.55. The first kappa shape index (κ1) is 17.6. The van der Waals surface area contributed by atoms with E-state index in [0.29, 0.717) is 47.3 Å². The standard InChI is InChI=1S/C19H22N4O3/c1-4-26-15-8-6-5-7-12(15)11-21-19-22-14-10-17(25-3)16(24-2)9-13(14)18(20)23-19/h5-10H,4,11H2,1-3H3,(H3,20,21,22,23). The van der Waals surface area contributed by atoms with Gasteiger partial charge in [-0.15, -0.1) is 0 Å². The number of methoxy groups -OCH3 is 2. The van der Waals surface area contributed by atoms with Crippen LogP contribution < -0.4 is 25.3 Å². The Kier molecular flexibility index (Phi) is 5.26. The molecule has 0 spiro atoms. The molecule has 7 nitrogen and oxygen atoms in total. The van der Waals surface area contributed by atoms with Gasteiger partial charge in [0.25, 0.3) is 0 Å². The SMILES string of the molecule is CCOc1ccccc1CNc1nc(N)c2cc(OC)c(OC)cc2n1. The molecule has 0 radical (unpaired) electrons. The third kappa shape index (κ3) is 3.56. The number of hydrogen-bond donors (Lipinski definition) is 2. The Hall–Kier alpha value is -3.22. The normalized spacial score (nSPS) is 10.6. The molecular formula is C19H22N4O3. The minimum atomic E-state index is 0.372. The maximum atomic E-state index is 6.11. The molecule has 0 bridgehead atoms. The first-order chi connectivity index (χ1) is 12.7. The van der Waals surface area contributed by atoms with Gasteiger partial charge in [0.2, 0.25) is 5.95 Å². The molecule has 1 heterocycles. The number of hydrogen-bond acceptors (Lipinski definition) is 7. The average Bonchev–Trinajstić information content (AvgIpc) is 2.66. The van der Waals surface area contributed by atoms with E-state index in [1.807, 2.05) is 31.2 Å². The van der Waals surface area contributed by atoms with Crippen molar-refractivity contribution in [3.05, 3.63) is 42.0 Å². The molecule has 2 aromatic carbocycles. The number of nitrogens with two attached hydrogens (primary N) is 1. The fraction of sp³-hybridized carbons (Fsp3) is 0.263. The van der Waals surface area contributed by atoms with Crippen molar-refractivity contribution >= 4 is 22.7 Å². The summed E-state index contributed by atoms with van der Waals surface area (Å²) in [7, 11) is 3.16. The molecule has 0 atom stereocenters. The van der Waals surface area contributed by atoms with Crippen molar-refractivity contribution in [2.24, 2.45) is 0 Å². The molecule has 26 heavy (non-hydrogen) atoms. The van der Waals surface area contributed by atoms with E-state index in [4.69, 9.17) is 19.9 Å². The number of aromatic nitrogens is 2. The smallest absolute Gasteiger partial charge is 0.225 e. The number of nitrogen functional groups attached to an aromatic ring is 1. The lowest BCUT2D eigenvalue weighted by molar-refractivity contribution is 0.337. The third-order valence-electron chi connectivity index (χ3n) is 3.94. The largest absolute Gasteiger partial charge is 0.494 e. The van der Waals surface area contributed by atoms with E-state index < -0.39 is 0 Å².